The zero-order chi connectivity index (χ0) is 15.5. The molecule has 21 heavy (non-hydrogen) atoms. The van der Waals surface area contributed by atoms with E-state index in [4.69, 9.17) is 4.74 Å². The van der Waals surface area contributed by atoms with Crippen LogP contribution in [0.1, 0.15) is 36.5 Å². The molecule has 1 saturated heterocycles. The average molecular weight is 313 g/mol. The van der Waals surface area contributed by atoms with Crippen molar-refractivity contribution in [2.24, 2.45) is 0 Å². The van der Waals surface area contributed by atoms with E-state index in [1.54, 1.807) is 0 Å². The number of carbonyl (C=O) groups is 1. The summed E-state index contributed by atoms with van der Waals surface area (Å²) in [6.45, 7) is 1.90. The van der Waals surface area contributed by atoms with Gasteiger partial charge in [0.05, 0.1) is 17.5 Å². The third-order valence-electron chi connectivity index (χ3n) is 3.33. The molecule has 1 aliphatic rings. The number of phenolic OH excluding ortho intramolecular Hbond substituents is 1. The van der Waals surface area contributed by atoms with Crippen LogP contribution >= 0.6 is 0 Å². The van der Waals surface area contributed by atoms with Crippen molar-refractivity contribution >= 4 is 21.5 Å². The molecule has 0 aromatic heterocycles. The van der Waals surface area contributed by atoms with Gasteiger partial charge in [-0.15, -0.1) is 0 Å². The second kappa shape index (κ2) is 6.44. The lowest BCUT2D eigenvalue weighted by molar-refractivity contribution is 0.0306. The van der Waals surface area contributed by atoms with Gasteiger partial charge in [-0.1, -0.05) is 0 Å². The highest BCUT2D eigenvalue weighted by Gasteiger charge is 2.23. The van der Waals surface area contributed by atoms with E-state index in [0.717, 1.165) is 19.3 Å². The Hall–Kier alpha value is -1.60. The van der Waals surface area contributed by atoms with Crippen LogP contribution in [0.25, 0.3) is 0 Å². The number of anilines is 1. The summed E-state index contributed by atoms with van der Waals surface area (Å²) in [5.74, 6) is -0.540. The molecule has 2 N–H and O–H groups in total. The molecule has 1 aromatic rings. The molecule has 1 fully saturated rings. The second-order valence-electron chi connectivity index (χ2n) is 5.16. The minimum Gasteiger partial charge on any atom is -0.508 e. The van der Waals surface area contributed by atoms with Gasteiger partial charge in [0.2, 0.25) is 10.0 Å². The van der Waals surface area contributed by atoms with Crippen LogP contribution in [0.5, 0.6) is 5.75 Å². The van der Waals surface area contributed by atoms with Crippen LogP contribution in [0.4, 0.5) is 5.69 Å². The van der Waals surface area contributed by atoms with Gasteiger partial charge >= 0.3 is 0 Å². The Morgan fingerprint density at radius 1 is 1.43 bits per heavy atom. The molecule has 0 saturated carbocycles. The Morgan fingerprint density at radius 2 is 2.19 bits per heavy atom. The number of rotatable bonds is 5. The Kier molecular flexibility index (Phi) is 4.84. The summed E-state index contributed by atoms with van der Waals surface area (Å²) in [7, 11) is -3.61. The molecule has 116 valence electrons. The molecule has 1 atom stereocenters. The molecule has 0 aliphatic carbocycles. The molecule has 1 heterocycles. The van der Waals surface area contributed by atoms with Crippen LogP contribution in [0.15, 0.2) is 18.2 Å². The Morgan fingerprint density at radius 3 is 2.81 bits per heavy atom. The minimum atomic E-state index is -3.61. The molecule has 1 aliphatic heterocycles. The van der Waals surface area contributed by atoms with Gasteiger partial charge in [-0.05, 0) is 44.4 Å². The molecule has 0 bridgehead atoms. The van der Waals surface area contributed by atoms with Crippen LogP contribution in [-0.4, -0.2) is 37.8 Å². The normalized spacial score (nSPS) is 19.2. The summed E-state index contributed by atoms with van der Waals surface area (Å²) in [4.78, 5) is 11.5. The highest BCUT2D eigenvalue weighted by molar-refractivity contribution is 7.92. The lowest BCUT2D eigenvalue weighted by atomic mass is 10.1. The monoisotopic (exact) mass is 313 g/mol. The lowest BCUT2D eigenvalue weighted by Crippen LogP contribution is -2.31. The first-order valence-electron chi connectivity index (χ1n) is 6.83. The predicted octanol–water partition coefficient (Wildman–Crippen LogP) is 1.91. The number of ether oxygens (including phenoxy) is 1. The first-order valence-corrected chi connectivity index (χ1v) is 8.49. The third kappa shape index (κ3) is 4.44. The summed E-state index contributed by atoms with van der Waals surface area (Å²) < 4.78 is 32.2. The van der Waals surface area contributed by atoms with Crippen LogP contribution < -0.4 is 4.72 Å². The van der Waals surface area contributed by atoms with Crippen LogP contribution in [0.3, 0.4) is 0 Å². The SMILES string of the molecule is CC(=O)c1cc(O)ccc1NS(=O)(=O)CC1CCCCO1. The maximum absolute atomic E-state index is 12.2. The third-order valence-corrected chi connectivity index (χ3v) is 4.67. The number of aromatic hydroxyl groups is 1. The van der Waals surface area contributed by atoms with E-state index >= 15 is 0 Å². The number of ketones is 1. The molecule has 1 aromatic carbocycles. The fourth-order valence-corrected chi connectivity index (χ4v) is 3.65. The summed E-state index contributed by atoms with van der Waals surface area (Å²) in [6.07, 6.45) is 2.32. The largest absolute Gasteiger partial charge is 0.508 e. The maximum atomic E-state index is 12.2. The molecule has 0 amide bonds. The number of benzene rings is 1. The zero-order valence-electron chi connectivity index (χ0n) is 11.8. The van der Waals surface area contributed by atoms with E-state index in [1.807, 2.05) is 0 Å². The molecule has 1 unspecified atom stereocenters. The maximum Gasteiger partial charge on any atom is 0.235 e. The molecular formula is C14H19NO5S. The van der Waals surface area contributed by atoms with Crippen molar-refractivity contribution in [3.63, 3.8) is 0 Å². The Balaban J connectivity index is 2.14. The highest BCUT2D eigenvalue weighted by atomic mass is 32.2. The van der Waals surface area contributed by atoms with Crippen molar-refractivity contribution in [3.05, 3.63) is 23.8 Å². The standard InChI is InChI=1S/C14H19NO5S/c1-10(16)13-8-11(17)5-6-14(13)15-21(18,19)9-12-4-2-3-7-20-12/h5-6,8,12,15,17H,2-4,7,9H2,1H3. The van der Waals surface area contributed by atoms with E-state index in [-0.39, 0.29) is 34.6 Å². The average Bonchev–Trinajstić information content (AvgIpc) is 2.41. The van der Waals surface area contributed by atoms with Gasteiger partial charge in [0, 0.05) is 12.2 Å². The molecule has 7 heteroatoms. The van der Waals surface area contributed by atoms with Crippen molar-refractivity contribution in [1.82, 2.24) is 0 Å². The number of hydrogen-bond acceptors (Lipinski definition) is 5. The molecule has 6 nitrogen and oxygen atoms in total. The van der Waals surface area contributed by atoms with Crippen molar-refractivity contribution in [3.8, 4) is 5.75 Å². The van der Waals surface area contributed by atoms with E-state index < -0.39 is 10.0 Å². The number of sulfonamides is 1. The second-order valence-corrected chi connectivity index (χ2v) is 6.93. The molecular weight excluding hydrogens is 294 g/mol. The van der Waals surface area contributed by atoms with Gasteiger partial charge in [0.1, 0.15) is 5.75 Å². The summed E-state index contributed by atoms with van der Waals surface area (Å²) >= 11 is 0. The summed E-state index contributed by atoms with van der Waals surface area (Å²) in [6, 6.07) is 3.96. The molecule has 0 spiro atoms. The van der Waals surface area contributed by atoms with Crippen LogP contribution in [0, 0.1) is 0 Å². The Labute approximate surface area is 124 Å². The molecule has 2 rings (SSSR count). The quantitative estimate of drug-likeness (QED) is 0.640. The molecule has 0 radical (unpaired) electrons. The van der Waals surface area contributed by atoms with Crippen molar-refractivity contribution in [2.75, 3.05) is 17.1 Å². The first-order chi connectivity index (χ1) is 9.87. The number of phenols is 1. The fourth-order valence-electron chi connectivity index (χ4n) is 2.31. The van der Waals surface area contributed by atoms with E-state index in [9.17, 15) is 18.3 Å². The topological polar surface area (TPSA) is 92.7 Å². The fraction of sp³-hybridized carbons (Fsp3) is 0.500. The van der Waals surface area contributed by atoms with E-state index in [0.29, 0.717) is 6.61 Å². The number of nitrogens with one attached hydrogen (secondary N) is 1. The van der Waals surface area contributed by atoms with Gasteiger partial charge in [0.15, 0.2) is 5.78 Å². The minimum absolute atomic E-state index is 0.0845. The van der Waals surface area contributed by atoms with Crippen LogP contribution in [0.2, 0.25) is 0 Å². The number of carbonyl (C=O) groups excluding carboxylic acids is 1. The van der Waals surface area contributed by atoms with E-state index in [1.165, 1.54) is 25.1 Å². The highest BCUT2D eigenvalue weighted by Crippen LogP contribution is 2.23. The van der Waals surface area contributed by atoms with E-state index in [2.05, 4.69) is 4.72 Å². The Bertz CT molecular complexity index is 620. The van der Waals surface area contributed by atoms with Gasteiger partial charge in [-0.2, -0.15) is 0 Å². The summed E-state index contributed by atoms with van der Waals surface area (Å²) in [5, 5.41) is 9.40. The number of Topliss-reactive ketones (excluding diaryl/α,β-unsaturated/α-hetero) is 1. The lowest BCUT2D eigenvalue weighted by Gasteiger charge is -2.22. The van der Waals surface area contributed by atoms with Crippen molar-refractivity contribution in [1.29, 1.82) is 0 Å². The van der Waals surface area contributed by atoms with Crippen molar-refractivity contribution < 1.29 is 23.1 Å². The van der Waals surface area contributed by atoms with Crippen molar-refractivity contribution in [2.45, 2.75) is 32.3 Å². The van der Waals surface area contributed by atoms with Gasteiger partial charge < -0.3 is 9.84 Å². The van der Waals surface area contributed by atoms with Gasteiger partial charge in [0.25, 0.3) is 0 Å². The van der Waals surface area contributed by atoms with Crippen LogP contribution in [-0.2, 0) is 14.8 Å². The summed E-state index contributed by atoms with van der Waals surface area (Å²) in [5.41, 5.74) is 0.319. The smallest absolute Gasteiger partial charge is 0.235 e. The zero-order valence-corrected chi connectivity index (χ0v) is 12.6. The van der Waals surface area contributed by atoms with Gasteiger partial charge in [-0.25, -0.2) is 8.42 Å². The number of hydrogen-bond donors (Lipinski definition) is 2. The first kappa shape index (κ1) is 15.8. The predicted molar refractivity (Wildman–Crippen MR) is 79.1 cm³/mol. The van der Waals surface area contributed by atoms with Gasteiger partial charge in [-0.3, -0.25) is 9.52 Å².